The van der Waals surface area contributed by atoms with E-state index in [0.29, 0.717) is 11.4 Å². The van der Waals surface area contributed by atoms with E-state index in [-0.39, 0.29) is 18.0 Å². The molecule has 28 heavy (non-hydrogen) atoms. The van der Waals surface area contributed by atoms with E-state index in [1.54, 1.807) is 49.7 Å². The summed E-state index contributed by atoms with van der Waals surface area (Å²) in [6.45, 7) is 5.19. The second kappa shape index (κ2) is 7.22. The van der Waals surface area contributed by atoms with E-state index in [2.05, 4.69) is 15.5 Å². The van der Waals surface area contributed by atoms with Gasteiger partial charge in [-0.2, -0.15) is 10.2 Å². The van der Waals surface area contributed by atoms with Gasteiger partial charge in [-0.25, -0.2) is 4.39 Å². The number of hydrogen-bond donors (Lipinski definition) is 1. The molecule has 0 bridgehead atoms. The summed E-state index contributed by atoms with van der Waals surface area (Å²) in [7, 11) is 0. The second-order valence-electron chi connectivity index (χ2n) is 6.83. The number of halogens is 1. The van der Waals surface area contributed by atoms with Gasteiger partial charge in [-0.15, -0.1) is 0 Å². The van der Waals surface area contributed by atoms with Crippen LogP contribution in [0.1, 0.15) is 25.1 Å². The van der Waals surface area contributed by atoms with E-state index in [9.17, 15) is 19.3 Å². The average molecular weight is 386 g/mol. The maximum Gasteiger partial charge on any atom is 0.307 e. The molecule has 10 heteroatoms. The van der Waals surface area contributed by atoms with Gasteiger partial charge in [0.05, 0.1) is 11.5 Å². The minimum atomic E-state index is -1.18. The molecule has 0 fully saturated rings. The maximum absolute atomic E-state index is 13.9. The Labute approximate surface area is 159 Å². The summed E-state index contributed by atoms with van der Waals surface area (Å²) in [6.07, 6.45) is 2.28. The Kier molecular flexibility index (Phi) is 4.95. The molecule has 1 aromatic carbocycles. The first-order valence-electron chi connectivity index (χ1n) is 8.47. The minimum absolute atomic E-state index is 0.203. The Hall–Kier alpha value is -3.56. The number of aryl methyl sites for hydroxylation is 1. The maximum atomic E-state index is 13.9. The van der Waals surface area contributed by atoms with Crippen LogP contribution in [0.25, 0.3) is 0 Å². The van der Waals surface area contributed by atoms with E-state index in [4.69, 9.17) is 0 Å². The first kappa shape index (κ1) is 19.2. The Bertz CT molecular complexity index is 1040. The largest absolute Gasteiger partial charge is 0.307 e. The van der Waals surface area contributed by atoms with Gasteiger partial charge in [0.15, 0.2) is 5.82 Å². The number of rotatable bonds is 6. The molecule has 3 aromatic rings. The summed E-state index contributed by atoms with van der Waals surface area (Å²) in [6, 6.07) is 8.07. The van der Waals surface area contributed by atoms with Crippen LogP contribution in [0.15, 0.2) is 42.7 Å². The van der Waals surface area contributed by atoms with Gasteiger partial charge in [-0.05, 0) is 26.8 Å². The van der Waals surface area contributed by atoms with Gasteiger partial charge in [0.25, 0.3) is 5.91 Å². The van der Waals surface area contributed by atoms with Crippen molar-refractivity contribution in [3.05, 3.63) is 69.9 Å². The lowest BCUT2D eigenvalue weighted by atomic mass is 10.1. The van der Waals surface area contributed by atoms with Crippen LogP contribution in [-0.2, 0) is 16.9 Å². The molecule has 0 radical (unpaired) electrons. The molecule has 2 heterocycles. The van der Waals surface area contributed by atoms with Gasteiger partial charge >= 0.3 is 5.69 Å². The Morgan fingerprint density at radius 2 is 2.07 bits per heavy atom. The molecule has 2 aromatic heterocycles. The first-order valence-corrected chi connectivity index (χ1v) is 8.47. The van der Waals surface area contributed by atoms with Crippen LogP contribution >= 0.6 is 0 Å². The summed E-state index contributed by atoms with van der Waals surface area (Å²) in [5, 5.41) is 21.7. The van der Waals surface area contributed by atoms with Gasteiger partial charge in [0, 0.05) is 17.3 Å². The monoisotopic (exact) mass is 386 g/mol. The lowest BCUT2D eigenvalue weighted by Gasteiger charge is -2.23. The fraction of sp³-hybridized carbons (Fsp3) is 0.278. The number of nitro groups is 1. The highest BCUT2D eigenvalue weighted by Crippen LogP contribution is 2.21. The molecule has 0 unspecified atom stereocenters. The third-order valence-electron chi connectivity index (χ3n) is 4.41. The highest BCUT2D eigenvalue weighted by molar-refractivity contribution is 5.95. The van der Waals surface area contributed by atoms with Crippen LogP contribution in [-0.4, -0.2) is 30.4 Å². The number of hydrogen-bond acceptors (Lipinski definition) is 5. The highest BCUT2D eigenvalue weighted by atomic mass is 19.1. The topological polar surface area (TPSA) is 108 Å². The van der Waals surface area contributed by atoms with Gasteiger partial charge in [0.1, 0.15) is 23.7 Å². The van der Waals surface area contributed by atoms with Crippen LogP contribution in [0.5, 0.6) is 0 Å². The third-order valence-corrected chi connectivity index (χ3v) is 4.41. The molecular formula is C18H19FN6O3. The SMILES string of the molecule is Cc1cc(NC(=O)C(C)(C)n2cc([N+](=O)[O-])cn2)nn1Cc1ccccc1F. The van der Waals surface area contributed by atoms with Crippen LogP contribution in [0, 0.1) is 22.9 Å². The molecule has 0 saturated heterocycles. The summed E-state index contributed by atoms with van der Waals surface area (Å²) >= 11 is 0. The Morgan fingerprint density at radius 3 is 2.71 bits per heavy atom. The van der Waals surface area contributed by atoms with Crippen molar-refractivity contribution in [2.45, 2.75) is 32.9 Å². The Balaban J connectivity index is 1.77. The van der Waals surface area contributed by atoms with Crippen molar-refractivity contribution < 1.29 is 14.1 Å². The predicted octanol–water partition coefficient (Wildman–Crippen LogP) is 2.86. The molecule has 1 N–H and O–H groups in total. The number of carbonyl (C=O) groups excluding carboxylic acids is 1. The molecule has 1 amide bonds. The van der Waals surface area contributed by atoms with Crippen molar-refractivity contribution in [3.8, 4) is 0 Å². The molecule has 0 aliphatic carbocycles. The lowest BCUT2D eigenvalue weighted by molar-refractivity contribution is -0.385. The van der Waals surface area contributed by atoms with Gasteiger partial charge in [-0.1, -0.05) is 18.2 Å². The zero-order chi connectivity index (χ0) is 20.5. The molecule has 0 atom stereocenters. The van der Waals surface area contributed by atoms with E-state index in [0.717, 1.165) is 11.9 Å². The number of aromatic nitrogens is 4. The minimum Gasteiger partial charge on any atom is -0.307 e. The van der Waals surface area contributed by atoms with Crippen molar-refractivity contribution in [2.75, 3.05) is 5.32 Å². The Morgan fingerprint density at radius 1 is 1.36 bits per heavy atom. The zero-order valence-electron chi connectivity index (χ0n) is 15.6. The standard InChI is InChI=1S/C18H19FN6O3/c1-12-8-16(22-23(12)10-13-6-4-5-7-15(13)19)21-17(26)18(2,3)24-11-14(9-20-24)25(27)28/h4-9,11H,10H2,1-3H3,(H,21,22,26). The highest BCUT2D eigenvalue weighted by Gasteiger charge is 2.32. The van der Waals surface area contributed by atoms with Crippen LogP contribution in [0.2, 0.25) is 0 Å². The molecule has 146 valence electrons. The number of amides is 1. The normalized spacial score (nSPS) is 11.4. The second-order valence-corrected chi connectivity index (χ2v) is 6.83. The summed E-state index contributed by atoms with van der Waals surface area (Å²) < 4.78 is 16.7. The van der Waals surface area contributed by atoms with E-state index in [1.165, 1.54) is 16.9 Å². The number of carbonyl (C=O) groups is 1. The number of nitrogens with one attached hydrogen (secondary N) is 1. The van der Waals surface area contributed by atoms with E-state index >= 15 is 0 Å². The van der Waals surface area contributed by atoms with Crippen molar-refractivity contribution >= 4 is 17.4 Å². The van der Waals surface area contributed by atoms with Crippen LogP contribution in [0.3, 0.4) is 0 Å². The summed E-state index contributed by atoms with van der Waals surface area (Å²) in [5.74, 6) is -0.473. The third kappa shape index (κ3) is 3.75. The molecule has 3 rings (SSSR count). The van der Waals surface area contributed by atoms with Crippen molar-refractivity contribution in [1.29, 1.82) is 0 Å². The van der Waals surface area contributed by atoms with Crippen LogP contribution in [0.4, 0.5) is 15.9 Å². The van der Waals surface area contributed by atoms with Gasteiger partial charge < -0.3 is 5.32 Å². The number of anilines is 1. The quantitative estimate of drug-likeness (QED) is 0.518. The molecular weight excluding hydrogens is 367 g/mol. The predicted molar refractivity (Wildman–Crippen MR) is 99.3 cm³/mol. The number of nitrogens with zero attached hydrogens (tertiary/aromatic N) is 5. The van der Waals surface area contributed by atoms with Crippen molar-refractivity contribution in [3.63, 3.8) is 0 Å². The molecule has 9 nitrogen and oxygen atoms in total. The average Bonchev–Trinajstić information content (AvgIpc) is 3.25. The summed E-state index contributed by atoms with van der Waals surface area (Å²) in [5.41, 5.74) is -0.162. The lowest BCUT2D eigenvalue weighted by Crippen LogP contribution is -2.40. The van der Waals surface area contributed by atoms with Crippen molar-refractivity contribution in [1.82, 2.24) is 19.6 Å². The van der Waals surface area contributed by atoms with Crippen LogP contribution < -0.4 is 5.32 Å². The number of benzene rings is 1. The zero-order valence-corrected chi connectivity index (χ0v) is 15.6. The van der Waals surface area contributed by atoms with Crippen molar-refractivity contribution in [2.24, 2.45) is 0 Å². The van der Waals surface area contributed by atoms with E-state index < -0.39 is 16.4 Å². The fourth-order valence-electron chi connectivity index (χ4n) is 2.61. The molecule has 0 aliphatic rings. The smallest absolute Gasteiger partial charge is 0.307 e. The van der Waals surface area contributed by atoms with Gasteiger partial charge in [-0.3, -0.25) is 24.3 Å². The summed E-state index contributed by atoms with van der Waals surface area (Å²) in [4.78, 5) is 22.9. The molecule has 0 saturated carbocycles. The first-order chi connectivity index (χ1) is 13.2. The molecule has 0 spiro atoms. The fourth-order valence-corrected chi connectivity index (χ4v) is 2.61. The van der Waals surface area contributed by atoms with Gasteiger partial charge in [0.2, 0.25) is 0 Å². The van der Waals surface area contributed by atoms with E-state index in [1.807, 2.05) is 0 Å². The molecule has 0 aliphatic heterocycles.